The first-order chi connectivity index (χ1) is 12.4. The van der Waals surface area contributed by atoms with Crippen molar-refractivity contribution in [1.29, 1.82) is 0 Å². The van der Waals surface area contributed by atoms with Gasteiger partial charge >= 0.3 is 6.61 Å². The first-order valence-corrected chi connectivity index (χ1v) is 8.49. The fourth-order valence-electron chi connectivity index (χ4n) is 2.76. The third-order valence-electron chi connectivity index (χ3n) is 4.45. The molecule has 0 spiro atoms. The van der Waals surface area contributed by atoms with Crippen molar-refractivity contribution in [1.82, 2.24) is 4.90 Å². The lowest BCUT2D eigenvalue weighted by Crippen LogP contribution is -2.23. The van der Waals surface area contributed by atoms with Crippen molar-refractivity contribution in [2.45, 2.75) is 32.4 Å². The molecule has 3 rings (SSSR count). The van der Waals surface area contributed by atoms with E-state index in [2.05, 4.69) is 11.7 Å². The lowest BCUT2D eigenvalue weighted by Gasteiger charge is -2.13. The van der Waals surface area contributed by atoms with Gasteiger partial charge in [-0.1, -0.05) is 19.1 Å². The van der Waals surface area contributed by atoms with Crippen LogP contribution in [0, 0.1) is 5.92 Å². The Hall–Kier alpha value is -2.63. The van der Waals surface area contributed by atoms with Crippen LogP contribution in [0.1, 0.15) is 36.3 Å². The summed E-state index contributed by atoms with van der Waals surface area (Å²) in [6.45, 7) is -0.262. The maximum atomic E-state index is 12.2. The zero-order valence-corrected chi connectivity index (χ0v) is 14.7. The largest absolute Gasteiger partial charge is 0.464 e. The Morgan fingerprint density at radius 1 is 1.31 bits per heavy atom. The van der Waals surface area contributed by atoms with Gasteiger partial charge in [-0.25, -0.2) is 0 Å². The molecule has 1 aromatic heterocycles. The lowest BCUT2D eigenvalue weighted by atomic mass is 10.2. The fraction of sp³-hybridized carbons (Fsp3) is 0.350. The molecule has 1 saturated carbocycles. The quantitative estimate of drug-likeness (QED) is 0.673. The highest BCUT2D eigenvalue weighted by molar-refractivity contribution is 5.91. The van der Waals surface area contributed by atoms with E-state index >= 15 is 0 Å². The van der Waals surface area contributed by atoms with Crippen LogP contribution < -0.4 is 4.74 Å². The van der Waals surface area contributed by atoms with E-state index in [1.807, 2.05) is 12.1 Å². The molecule has 2 aromatic rings. The lowest BCUT2D eigenvalue weighted by molar-refractivity contribution is -0.125. The van der Waals surface area contributed by atoms with Crippen molar-refractivity contribution < 1.29 is 22.7 Å². The Balaban J connectivity index is 1.53. The molecule has 1 aliphatic rings. The summed E-state index contributed by atoms with van der Waals surface area (Å²) in [5, 5.41) is 0. The first kappa shape index (κ1) is 18.2. The summed E-state index contributed by atoms with van der Waals surface area (Å²) in [5.74, 6) is 2.86. The number of amides is 1. The number of hydrogen-bond acceptors (Lipinski definition) is 3. The number of rotatable bonds is 7. The van der Waals surface area contributed by atoms with Gasteiger partial charge in [-0.2, -0.15) is 8.78 Å². The first-order valence-electron chi connectivity index (χ1n) is 8.49. The number of halogens is 2. The van der Waals surface area contributed by atoms with E-state index in [0.29, 0.717) is 18.4 Å². The van der Waals surface area contributed by atoms with Gasteiger partial charge < -0.3 is 14.1 Å². The van der Waals surface area contributed by atoms with Crippen LogP contribution in [0.25, 0.3) is 6.08 Å². The van der Waals surface area contributed by atoms with Gasteiger partial charge in [0, 0.05) is 19.0 Å². The Kier molecular flexibility index (Phi) is 5.40. The Morgan fingerprint density at radius 2 is 2.00 bits per heavy atom. The Labute approximate surface area is 151 Å². The van der Waals surface area contributed by atoms with E-state index in [9.17, 15) is 13.6 Å². The summed E-state index contributed by atoms with van der Waals surface area (Å²) in [4.78, 5) is 13.8. The van der Waals surface area contributed by atoms with Crippen LogP contribution in [0.15, 0.2) is 46.9 Å². The number of hydrogen-bond donors (Lipinski definition) is 0. The normalized spacial score (nSPS) is 19.1. The molecule has 26 heavy (non-hydrogen) atoms. The predicted molar refractivity (Wildman–Crippen MR) is 93.8 cm³/mol. The number of carbonyl (C=O) groups excluding carboxylic acids is 1. The molecule has 0 N–H and O–H groups in total. The number of carbonyl (C=O) groups is 1. The topological polar surface area (TPSA) is 42.7 Å². The molecule has 1 fully saturated rings. The van der Waals surface area contributed by atoms with Gasteiger partial charge in [-0.3, -0.25) is 4.79 Å². The summed E-state index contributed by atoms with van der Waals surface area (Å²) in [6, 6.07) is 9.98. The minimum atomic E-state index is -2.85. The van der Waals surface area contributed by atoms with E-state index in [0.717, 1.165) is 23.5 Å². The van der Waals surface area contributed by atoms with E-state index < -0.39 is 6.61 Å². The molecule has 6 heteroatoms. The van der Waals surface area contributed by atoms with Gasteiger partial charge in [0.25, 0.3) is 0 Å². The minimum Gasteiger partial charge on any atom is -0.464 e. The highest BCUT2D eigenvalue weighted by atomic mass is 19.3. The van der Waals surface area contributed by atoms with Crippen molar-refractivity contribution in [3.05, 3.63) is 59.6 Å². The summed E-state index contributed by atoms with van der Waals surface area (Å²) in [7, 11) is 1.70. The molecule has 2 atom stereocenters. The van der Waals surface area contributed by atoms with Crippen LogP contribution >= 0.6 is 0 Å². The molecule has 4 nitrogen and oxygen atoms in total. The number of alkyl halides is 2. The zero-order valence-electron chi connectivity index (χ0n) is 14.7. The number of nitrogens with zero attached hydrogens (tertiary/aromatic N) is 1. The summed E-state index contributed by atoms with van der Waals surface area (Å²) >= 11 is 0. The summed E-state index contributed by atoms with van der Waals surface area (Å²) in [6.07, 6.45) is 4.23. The fourth-order valence-corrected chi connectivity index (χ4v) is 2.76. The second-order valence-electron chi connectivity index (χ2n) is 6.60. The molecular weight excluding hydrogens is 340 g/mol. The maximum Gasteiger partial charge on any atom is 0.387 e. The van der Waals surface area contributed by atoms with Crippen LogP contribution in [0.2, 0.25) is 0 Å². The molecule has 1 aliphatic carbocycles. The molecule has 0 aliphatic heterocycles. The van der Waals surface area contributed by atoms with Gasteiger partial charge in [-0.05, 0) is 48.2 Å². The second kappa shape index (κ2) is 7.72. The second-order valence-corrected chi connectivity index (χ2v) is 6.60. The average molecular weight is 361 g/mol. The molecule has 138 valence electrons. The van der Waals surface area contributed by atoms with Gasteiger partial charge in [-0.15, -0.1) is 0 Å². The molecular formula is C20H21F2NO3. The Morgan fingerprint density at radius 3 is 2.62 bits per heavy atom. The maximum absolute atomic E-state index is 12.2. The SMILES string of the molecule is C[C@@H]1C[C@H]1c1ccc(CN(C)C(=O)/C=C/c2ccc(OC(F)F)cc2)o1. The molecule has 0 saturated heterocycles. The molecule has 1 aromatic carbocycles. The smallest absolute Gasteiger partial charge is 0.387 e. The van der Waals surface area contributed by atoms with Gasteiger partial charge in [0.05, 0.1) is 6.54 Å². The number of furan rings is 1. The third-order valence-corrected chi connectivity index (χ3v) is 4.45. The molecule has 1 heterocycles. The van der Waals surface area contributed by atoms with Crippen LogP contribution in [-0.2, 0) is 11.3 Å². The minimum absolute atomic E-state index is 0.0826. The van der Waals surface area contributed by atoms with Crippen LogP contribution in [0.4, 0.5) is 8.78 Å². The molecule has 0 radical (unpaired) electrons. The van der Waals surface area contributed by atoms with Crippen molar-refractivity contribution >= 4 is 12.0 Å². The standard InChI is InChI=1S/C20H21F2NO3/c1-13-11-17(13)18-9-8-16(25-18)12-23(2)19(24)10-5-14-3-6-15(7-4-14)26-20(21)22/h3-10,13,17,20H,11-12H2,1-2H3/b10-5+/t13-,17-/m1/s1. The molecule has 0 unspecified atom stereocenters. The van der Waals surface area contributed by atoms with Gasteiger partial charge in [0.1, 0.15) is 17.3 Å². The predicted octanol–water partition coefficient (Wildman–Crippen LogP) is 4.68. The monoisotopic (exact) mass is 361 g/mol. The third kappa shape index (κ3) is 4.71. The number of likely N-dealkylation sites (N-methyl/N-ethyl adjacent to an activating group) is 1. The van der Waals surface area contributed by atoms with Crippen LogP contribution in [-0.4, -0.2) is 24.5 Å². The van der Waals surface area contributed by atoms with E-state index in [1.54, 1.807) is 30.2 Å². The zero-order chi connectivity index (χ0) is 18.7. The van der Waals surface area contributed by atoms with Gasteiger partial charge in [0.2, 0.25) is 5.91 Å². The van der Waals surface area contributed by atoms with E-state index in [-0.39, 0.29) is 11.7 Å². The Bertz CT molecular complexity index is 783. The van der Waals surface area contributed by atoms with Crippen molar-refractivity contribution in [2.24, 2.45) is 5.92 Å². The highest BCUT2D eigenvalue weighted by Crippen LogP contribution is 2.47. The van der Waals surface area contributed by atoms with Crippen LogP contribution in [0.3, 0.4) is 0 Å². The van der Waals surface area contributed by atoms with E-state index in [4.69, 9.17) is 4.42 Å². The molecule has 0 bridgehead atoms. The molecule has 1 amide bonds. The summed E-state index contributed by atoms with van der Waals surface area (Å²) in [5.41, 5.74) is 0.719. The van der Waals surface area contributed by atoms with Crippen LogP contribution in [0.5, 0.6) is 5.75 Å². The highest BCUT2D eigenvalue weighted by Gasteiger charge is 2.36. The van der Waals surface area contributed by atoms with Crippen molar-refractivity contribution in [2.75, 3.05) is 7.05 Å². The van der Waals surface area contributed by atoms with Crippen molar-refractivity contribution in [3.63, 3.8) is 0 Å². The average Bonchev–Trinajstić information content (AvgIpc) is 3.15. The van der Waals surface area contributed by atoms with Crippen molar-refractivity contribution in [3.8, 4) is 5.75 Å². The number of ether oxygens (including phenoxy) is 1. The number of benzene rings is 1. The van der Waals surface area contributed by atoms with Gasteiger partial charge in [0.15, 0.2) is 0 Å². The van der Waals surface area contributed by atoms with E-state index in [1.165, 1.54) is 18.2 Å². The summed E-state index contributed by atoms with van der Waals surface area (Å²) < 4.78 is 34.3.